The van der Waals surface area contributed by atoms with Crippen LogP contribution in [0.15, 0.2) is 179 Å². The van der Waals surface area contributed by atoms with E-state index in [2.05, 4.69) is 194 Å². The molecule has 10 aromatic carbocycles. The molecule has 12 aromatic rings. The number of hydrogen-bond donors (Lipinski definition) is 0. The number of benzene rings is 10. The van der Waals surface area contributed by atoms with E-state index in [1.165, 1.54) is 130 Å². The van der Waals surface area contributed by atoms with E-state index < -0.39 is 0 Å². The minimum Gasteiger partial charge on any atom is -0.454 e. The molecule has 0 saturated heterocycles. The van der Waals surface area contributed by atoms with Crippen molar-refractivity contribution >= 4 is 110 Å². The molecular weight excluding hydrogens is 877 g/mol. The normalized spacial score (nSPS) is 15.1. The summed E-state index contributed by atoms with van der Waals surface area (Å²) in [6, 6.07) is 64.1. The van der Waals surface area contributed by atoms with E-state index in [9.17, 15) is 0 Å². The Bertz CT molecular complexity index is 3720. The quantitative estimate of drug-likeness (QED) is 0.128. The van der Waals surface area contributed by atoms with Gasteiger partial charge >= 0.3 is 0 Å². The molecule has 0 N–H and O–H groups in total. The van der Waals surface area contributed by atoms with E-state index in [0.29, 0.717) is 11.8 Å². The third kappa shape index (κ3) is 6.93. The summed E-state index contributed by atoms with van der Waals surface area (Å²) in [6.45, 7) is 4.46. The molecule has 0 bridgehead atoms. The highest BCUT2D eigenvalue weighted by Crippen LogP contribution is 2.52. The molecule has 2 heterocycles. The Morgan fingerprint density at radius 1 is 0.347 bits per heavy atom. The molecule has 72 heavy (non-hydrogen) atoms. The summed E-state index contributed by atoms with van der Waals surface area (Å²) in [4.78, 5) is 4.92. The summed E-state index contributed by atoms with van der Waals surface area (Å²) in [6.07, 6.45) is 14.7. The summed E-state index contributed by atoms with van der Waals surface area (Å²) in [5.41, 5.74) is 15.9. The summed E-state index contributed by atoms with van der Waals surface area (Å²) >= 11 is 0. The molecule has 0 atom stereocenters. The average Bonchev–Trinajstić information content (AvgIpc) is 4.04. The van der Waals surface area contributed by atoms with Crippen LogP contribution < -0.4 is 9.80 Å². The van der Waals surface area contributed by atoms with Crippen LogP contribution in [0.3, 0.4) is 0 Å². The van der Waals surface area contributed by atoms with Crippen LogP contribution in [0.5, 0.6) is 0 Å². The van der Waals surface area contributed by atoms with Crippen molar-refractivity contribution in [3.8, 4) is 0 Å². The van der Waals surface area contributed by atoms with Crippen molar-refractivity contribution in [3.05, 3.63) is 192 Å². The molecule has 0 radical (unpaired) electrons. The van der Waals surface area contributed by atoms with Gasteiger partial charge in [-0.1, -0.05) is 174 Å². The van der Waals surface area contributed by atoms with Gasteiger partial charge in [-0.3, -0.25) is 0 Å². The molecule has 4 heteroatoms. The van der Waals surface area contributed by atoms with Crippen molar-refractivity contribution in [2.45, 2.75) is 103 Å². The van der Waals surface area contributed by atoms with Gasteiger partial charge in [-0.2, -0.15) is 0 Å². The Balaban J connectivity index is 0.988. The van der Waals surface area contributed by atoms with E-state index in [-0.39, 0.29) is 0 Å². The summed E-state index contributed by atoms with van der Waals surface area (Å²) < 4.78 is 14.5. The molecule has 4 nitrogen and oxygen atoms in total. The molecule has 14 rings (SSSR count). The van der Waals surface area contributed by atoms with Crippen LogP contribution in [0.1, 0.15) is 112 Å². The number of hydrogen-bond acceptors (Lipinski definition) is 4. The maximum absolute atomic E-state index is 7.23. The van der Waals surface area contributed by atoms with Crippen LogP contribution in [-0.4, -0.2) is 0 Å². The lowest BCUT2D eigenvalue weighted by Gasteiger charge is -2.29. The van der Waals surface area contributed by atoms with Crippen LogP contribution >= 0.6 is 0 Å². The van der Waals surface area contributed by atoms with Crippen molar-refractivity contribution in [3.63, 3.8) is 0 Å². The largest absolute Gasteiger partial charge is 0.454 e. The first-order valence-corrected chi connectivity index (χ1v) is 27.0. The molecule has 2 saturated carbocycles. The van der Waals surface area contributed by atoms with Gasteiger partial charge in [-0.15, -0.1) is 0 Å². The number of para-hydroxylation sites is 4. The number of rotatable bonds is 10. The zero-order valence-corrected chi connectivity index (χ0v) is 41.5. The fraction of sp³-hybridized carbons (Fsp3) is 0.235. The van der Waals surface area contributed by atoms with Crippen LogP contribution in [-0.2, 0) is 12.8 Å². The number of aryl methyl sites for hydroxylation is 2. The number of fused-ring (bicyclic) bond motifs is 6. The van der Waals surface area contributed by atoms with E-state index in [1.54, 1.807) is 0 Å². The monoisotopic (exact) mass is 936 g/mol. The van der Waals surface area contributed by atoms with Crippen LogP contribution in [0.4, 0.5) is 34.1 Å². The van der Waals surface area contributed by atoms with Crippen LogP contribution in [0, 0.1) is 0 Å². The van der Waals surface area contributed by atoms with Crippen molar-refractivity contribution in [1.82, 2.24) is 0 Å². The molecule has 0 amide bonds. The van der Waals surface area contributed by atoms with Crippen LogP contribution in [0.2, 0.25) is 0 Å². The van der Waals surface area contributed by atoms with E-state index in [4.69, 9.17) is 8.83 Å². The van der Waals surface area contributed by atoms with Crippen LogP contribution in [0.25, 0.3) is 76.2 Å². The highest BCUT2D eigenvalue weighted by Gasteiger charge is 2.28. The SMILES string of the molecule is CCc1ccc(N(c2ccc3ccc4c(N(c5ccc(CC)cc5)c5cccc6c5oc5c(C7CCCCC7)cccc56)ccc5ccc2c3c54)c2cccc3c2oc2c(C4CCCCC4)cccc23)cc1. The first-order chi connectivity index (χ1) is 35.6. The fourth-order valence-electron chi connectivity index (χ4n) is 13.2. The van der Waals surface area contributed by atoms with Gasteiger partial charge in [0.25, 0.3) is 0 Å². The number of furan rings is 2. The molecule has 0 unspecified atom stereocenters. The molecule has 0 spiro atoms. The van der Waals surface area contributed by atoms with Crippen molar-refractivity contribution in [2.24, 2.45) is 0 Å². The average molecular weight is 937 g/mol. The van der Waals surface area contributed by atoms with Gasteiger partial charge in [-0.25, -0.2) is 0 Å². The number of anilines is 6. The summed E-state index contributed by atoms with van der Waals surface area (Å²) in [5, 5.41) is 12.1. The second kappa shape index (κ2) is 17.6. The third-order valence-corrected chi connectivity index (χ3v) is 16.9. The highest BCUT2D eigenvalue weighted by atomic mass is 16.3. The second-order valence-corrected chi connectivity index (χ2v) is 20.9. The van der Waals surface area contributed by atoms with Gasteiger partial charge in [0, 0.05) is 43.7 Å². The third-order valence-electron chi connectivity index (χ3n) is 16.9. The Hall–Kier alpha value is -7.56. The lowest BCUT2D eigenvalue weighted by molar-refractivity contribution is 0.442. The Labute approximate surface area is 421 Å². The van der Waals surface area contributed by atoms with Crippen molar-refractivity contribution in [1.29, 1.82) is 0 Å². The molecule has 2 aliphatic carbocycles. The first-order valence-electron chi connectivity index (χ1n) is 27.0. The lowest BCUT2D eigenvalue weighted by Crippen LogP contribution is -2.12. The zero-order valence-electron chi connectivity index (χ0n) is 41.5. The minimum absolute atomic E-state index is 0.531. The van der Waals surface area contributed by atoms with E-state index >= 15 is 0 Å². The number of nitrogens with zero attached hydrogens (tertiary/aromatic N) is 2. The molecule has 2 aliphatic rings. The molecule has 2 fully saturated rings. The Kier molecular flexibility index (Phi) is 10.6. The predicted octanol–water partition coefficient (Wildman–Crippen LogP) is 20.5. The lowest BCUT2D eigenvalue weighted by atomic mass is 9.83. The second-order valence-electron chi connectivity index (χ2n) is 20.9. The van der Waals surface area contributed by atoms with E-state index in [0.717, 1.165) is 80.1 Å². The Morgan fingerprint density at radius 3 is 1.12 bits per heavy atom. The van der Waals surface area contributed by atoms with E-state index in [1.807, 2.05) is 0 Å². The molecular formula is C68H60N2O2. The zero-order chi connectivity index (χ0) is 47.9. The molecule has 2 aromatic heterocycles. The van der Waals surface area contributed by atoms with Crippen molar-refractivity contribution in [2.75, 3.05) is 9.80 Å². The Morgan fingerprint density at radius 2 is 0.722 bits per heavy atom. The maximum Gasteiger partial charge on any atom is 0.159 e. The smallest absolute Gasteiger partial charge is 0.159 e. The summed E-state index contributed by atoms with van der Waals surface area (Å²) in [5.74, 6) is 1.06. The van der Waals surface area contributed by atoms with Gasteiger partial charge < -0.3 is 18.6 Å². The van der Waals surface area contributed by atoms with Gasteiger partial charge in [0.2, 0.25) is 0 Å². The topological polar surface area (TPSA) is 32.8 Å². The fourth-order valence-corrected chi connectivity index (χ4v) is 13.2. The van der Waals surface area contributed by atoms with Crippen molar-refractivity contribution < 1.29 is 8.83 Å². The maximum atomic E-state index is 7.23. The van der Waals surface area contributed by atoms with Gasteiger partial charge in [0.15, 0.2) is 11.2 Å². The standard InChI is InChI=1S/C68H60N2O2/c1-3-43-27-35-49(36-28-43)69(61-25-13-23-55-53-21-11-19-51(65(53)71-67(55)61)45-15-7-5-8-16-45)59-41-33-47-32-40-58-60(42-34-48-31-39-57(59)63(47)64(48)58)70(50-37-29-44(4-2)30-38-50)62-26-14-24-56-54-22-12-20-52(66(54)72-68(56)62)46-17-9-6-10-18-46/h11-14,19-42,45-46H,3-10,15-18H2,1-2H3. The molecule has 354 valence electrons. The highest BCUT2D eigenvalue weighted by molar-refractivity contribution is 6.29. The summed E-state index contributed by atoms with van der Waals surface area (Å²) in [7, 11) is 0. The first kappa shape index (κ1) is 43.2. The molecule has 0 aliphatic heterocycles. The van der Waals surface area contributed by atoms with Gasteiger partial charge in [0.05, 0.1) is 22.7 Å². The minimum atomic E-state index is 0.531. The van der Waals surface area contributed by atoms with Gasteiger partial charge in [0.1, 0.15) is 11.2 Å². The van der Waals surface area contributed by atoms with Gasteiger partial charge in [-0.05, 0) is 143 Å². The predicted molar refractivity (Wildman–Crippen MR) is 304 cm³/mol.